The topological polar surface area (TPSA) is 46.6 Å². The molecule has 4 nitrogen and oxygen atoms in total. The molecule has 1 fully saturated rings. The van der Waals surface area contributed by atoms with Gasteiger partial charge in [0.15, 0.2) is 0 Å². The highest BCUT2D eigenvalue weighted by Gasteiger charge is 2.20. The number of ether oxygens (including phenoxy) is 1. The largest absolute Gasteiger partial charge is 0.453 e. The van der Waals surface area contributed by atoms with Crippen molar-refractivity contribution in [2.24, 2.45) is 5.92 Å². The minimum absolute atomic E-state index is 0.308. The van der Waals surface area contributed by atoms with Gasteiger partial charge in [-0.2, -0.15) is 0 Å². The van der Waals surface area contributed by atoms with Crippen LogP contribution in [0.1, 0.15) is 32.1 Å². The number of hydrogen-bond donors (Lipinski definition) is 0. The number of ketones is 1. The number of carbonyl (C=O) groups is 2. The normalized spacial score (nSPS) is 21.2. The molecule has 1 rings (SSSR count). The van der Waals surface area contributed by atoms with E-state index in [0.717, 1.165) is 25.7 Å². The van der Waals surface area contributed by atoms with Gasteiger partial charge < -0.3 is 9.64 Å². The second kappa shape index (κ2) is 5.73. The molecule has 1 aliphatic rings. The van der Waals surface area contributed by atoms with Crippen LogP contribution in [0.2, 0.25) is 0 Å². The molecule has 0 aromatic carbocycles. The van der Waals surface area contributed by atoms with Crippen molar-refractivity contribution in [2.45, 2.75) is 32.1 Å². The van der Waals surface area contributed by atoms with E-state index in [2.05, 4.69) is 4.74 Å². The van der Waals surface area contributed by atoms with Crippen molar-refractivity contribution >= 4 is 11.9 Å². The molecule has 1 aliphatic carbocycles. The number of carbonyl (C=O) groups excluding carboxylic acids is 2. The Bertz CT molecular complexity index is 240. The van der Waals surface area contributed by atoms with E-state index in [1.54, 1.807) is 11.9 Å². The summed E-state index contributed by atoms with van der Waals surface area (Å²) in [6.45, 7) is 0.671. The standard InChI is InChI=1S/C11H19NO3/c1-12(11(14)15-2)7-6-9-4-3-5-10(13)8-9/h9H,3-8H2,1-2H3. The molecule has 1 atom stereocenters. The molecule has 0 heterocycles. The minimum atomic E-state index is -0.308. The molecule has 1 saturated carbocycles. The number of rotatable bonds is 3. The lowest BCUT2D eigenvalue weighted by molar-refractivity contribution is -0.121. The maximum Gasteiger partial charge on any atom is 0.409 e. The third-order valence-corrected chi connectivity index (χ3v) is 2.94. The van der Waals surface area contributed by atoms with Crippen molar-refractivity contribution in [1.29, 1.82) is 0 Å². The van der Waals surface area contributed by atoms with Crippen LogP contribution >= 0.6 is 0 Å². The lowest BCUT2D eigenvalue weighted by atomic mass is 9.86. The Morgan fingerprint density at radius 1 is 1.60 bits per heavy atom. The highest BCUT2D eigenvalue weighted by Crippen LogP contribution is 2.24. The first-order valence-corrected chi connectivity index (χ1v) is 5.44. The highest BCUT2D eigenvalue weighted by molar-refractivity contribution is 5.79. The van der Waals surface area contributed by atoms with E-state index in [1.807, 2.05) is 0 Å². The maximum atomic E-state index is 11.2. The molecule has 0 aliphatic heterocycles. The number of hydrogen-bond acceptors (Lipinski definition) is 3. The second-order valence-electron chi connectivity index (χ2n) is 4.18. The van der Waals surface area contributed by atoms with Crippen molar-refractivity contribution in [2.75, 3.05) is 20.7 Å². The molecule has 0 radical (unpaired) electrons. The van der Waals surface area contributed by atoms with Gasteiger partial charge in [0.25, 0.3) is 0 Å². The van der Waals surface area contributed by atoms with Gasteiger partial charge in [-0.1, -0.05) is 0 Å². The van der Waals surface area contributed by atoms with Gasteiger partial charge in [-0.05, 0) is 25.2 Å². The highest BCUT2D eigenvalue weighted by atomic mass is 16.5. The van der Waals surface area contributed by atoms with Crippen LogP contribution in [0.4, 0.5) is 4.79 Å². The molecule has 1 unspecified atom stereocenters. The van der Waals surface area contributed by atoms with E-state index in [1.165, 1.54) is 7.11 Å². The van der Waals surface area contributed by atoms with Crippen LogP contribution in [-0.2, 0) is 9.53 Å². The molecule has 0 saturated heterocycles. The summed E-state index contributed by atoms with van der Waals surface area (Å²) >= 11 is 0. The fourth-order valence-electron chi connectivity index (χ4n) is 1.98. The smallest absolute Gasteiger partial charge is 0.409 e. The van der Waals surface area contributed by atoms with E-state index in [9.17, 15) is 9.59 Å². The Balaban J connectivity index is 2.24. The van der Waals surface area contributed by atoms with Crippen LogP contribution in [0.25, 0.3) is 0 Å². The van der Waals surface area contributed by atoms with Crippen molar-refractivity contribution in [3.63, 3.8) is 0 Å². The molecule has 1 amide bonds. The van der Waals surface area contributed by atoms with Crippen LogP contribution < -0.4 is 0 Å². The minimum Gasteiger partial charge on any atom is -0.453 e. The van der Waals surface area contributed by atoms with Crippen LogP contribution in [-0.4, -0.2) is 37.5 Å². The number of nitrogens with zero attached hydrogens (tertiary/aromatic N) is 1. The Kier molecular flexibility index (Phi) is 4.59. The fraction of sp³-hybridized carbons (Fsp3) is 0.818. The summed E-state index contributed by atoms with van der Waals surface area (Å²) in [7, 11) is 3.10. The van der Waals surface area contributed by atoms with Gasteiger partial charge in [0.05, 0.1) is 7.11 Å². The van der Waals surface area contributed by atoms with Gasteiger partial charge in [0, 0.05) is 26.4 Å². The SMILES string of the molecule is COC(=O)N(C)CCC1CCCC(=O)C1. The van der Waals surface area contributed by atoms with Crippen LogP contribution in [0.3, 0.4) is 0 Å². The van der Waals surface area contributed by atoms with Crippen molar-refractivity contribution < 1.29 is 14.3 Å². The molecule has 15 heavy (non-hydrogen) atoms. The van der Waals surface area contributed by atoms with E-state index < -0.39 is 0 Å². The van der Waals surface area contributed by atoms with Crippen molar-refractivity contribution in [3.05, 3.63) is 0 Å². The third kappa shape index (κ3) is 3.90. The Hall–Kier alpha value is -1.06. The average Bonchev–Trinajstić information content (AvgIpc) is 2.25. The Labute approximate surface area is 90.6 Å². The first-order chi connectivity index (χ1) is 7.13. The molecule has 86 valence electrons. The lowest BCUT2D eigenvalue weighted by Crippen LogP contribution is -2.29. The molecule has 0 bridgehead atoms. The zero-order valence-corrected chi connectivity index (χ0v) is 9.49. The predicted octanol–water partition coefficient (Wildman–Crippen LogP) is 1.83. The van der Waals surface area contributed by atoms with E-state index in [4.69, 9.17) is 0 Å². The third-order valence-electron chi connectivity index (χ3n) is 2.94. The number of Topliss-reactive ketones (excluding diaryl/α,β-unsaturated/α-hetero) is 1. The molecule has 0 N–H and O–H groups in total. The monoisotopic (exact) mass is 213 g/mol. The van der Waals surface area contributed by atoms with Crippen molar-refractivity contribution in [3.8, 4) is 0 Å². The zero-order valence-electron chi connectivity index (χ0n) is 9.49. The molecule has 0 aromatic heterocycles. The second-order valence-corrected chi connectivity index (χ2v) is 4.18. The first-order valence-electron chi connectivity index (χ1n) is 5.44. The summed E-state index contributed by atoms with van der Waals surface area (Å²) in [6, 6.07) is 0. The fourth-order valence-corrected chi connectivity index (χ4v) is 1.98. The van der Waals surface area contributed by atoms with E-state index in [0.29, 0.717) is 24.7 Å². The van der Waals surface area contributed by atoms with Crippen molar-refractivity contribution in [1.82, 2.24) is 4.90 Å². The molecular weight excluding hydrogens is 194 g/mol. The summed E-state index contributed by atoms with van der Waals surface area (Å²) in [5, 5.41) is 0. The van der Waals surface area contributed by atoms with E-state index >= 15 is 0 Å². The summed E-state index contributed by atoms with van der Waals surface area (Å²) in [5.41, 5.74) is 0. The number of methoxy groups -OCH3 is 1. The number of amides is 1. The summed E-state index contributed by atoms with van der Waals surface area (Å²) in [4.78, 5) is 23.8. The summed E-state index contributed by atoms with van der Waals surface area (Å²) in [6.07, 6.45) is 4.14. The first kappa shape index (κ1) is 12.0. The Morgan fingerprint density at radius 2 is 2.33 bits per heavy atom. The zero-order chi connectivity index (χ0) is 11.3. The van der Waals surface area contributed by atoms with Gasteiger partial charge in [0.2, 0.25) is 0 Å². The lowest BCUT2D eigenvalue weighted by Gasteiger charge is -2.23. The quantitative estimate of drug-likeness (QED) is 0.718. The summed E-state index contributed by atoms with van der Waals surface area (Å²) < 4.78 is 4.59. The summed E-state index contributed by atoms with van der Waals surface area (Å²) in [5.74, 6) is 0.824. The average molecular weight is 213 g/mol. The maximum absolute atomic E-state index is 11.2. The van der Waals surface area contributed by atoms with Gasteiger partial charge in [-0.15, -0.1) is 0 Å². The molecular formula is C11H19NO3. The van der Waals surface area contributed by atoms with Crippen LogP contribution in [0.5, 0.6) is 0 Å². The van der Waals surface area contributed by atoms with Gasteiger partial charge in [0.1, 0.15) is 5.78 Å². The van der Waals surface area contributed by atoms with Gasteiger partial charge in [-0.25, -0.2) is 4.79 Å². The molecule has 0 spiro atoms. The van der Waals surface area contributed by atoms with Crippen LogP contribution in [0, 0.1) is 5.92 Å². The molecule has 4 heteroatoms. The van der Waals surface area contributed by atoms with Gasteiger partial charge in [-0.3, -0.25) is 4.79 Å². The van der Waals surface area contributed by atoms with Crippen LogP contribution in [0.15, 0.2) is 0 Å². The Morgan fingerprint density at radius 3 is 2.93 bits per heavy atom. The van der Waals surface area contributed by atoms with Gasteiger partial charge >= 0.3 is 6.09 Å². The molecule has 0 aromatic rings. The van der Waals surface area contributed by atoms with E-state index in [-0.39, 0.29) is 6.09 Å². The predicted molar refractivity (Wildman–Crippen MR) is 56.6 cm³/mol.